The van der Waals surface area contributed by atoms with E-state index in [-0.39, 0.29) is 19.3 Å². The van der Waals surface area contributed by atoms with Gasteiger partial charge in [0.1, 0.15) is 13.2 Å². The Morgan fingerprint density at radius 1 is 1.33 bits per heavy atom. The minimum absolute atomic E-state index is 0.0108. The van der Waals surface area contributed by atoms with Crippen LogP contribution in [0.15, 0.2) is 0 Å². The molecule has 1 aliphatic carbocycles. The van der Waals surface area contributed by atoms with Crippen LogP contribution in [0, 0.1) is 5.92 Å². The van der Waals surface area contributed by atoms with Crippen LogP contribution in [0.2, 0.25) is 0 Å². The topological polar surface area (TPSA) is 29.5 Å². The first-order valence-electron chi connectivity index (χ1n) is 7.78. The van der Waals surface area contributed by atoms with Crippen molar-refractivity contribution in [1.29, 1.82) is 0 Å². The molecule has 3 nitrogen and oxygen atoms in total. The summed E-state index contributed by atoms with van der Waals surface area (Å²) in [7, 11) is 0. The molecule has 1 rings (SSSR count). The predicted octanol–water partition coefficient (Wildman–Crippen LogP) is 3.77. The van der Waals surface area contributed by atoms with Crippen molar-refractivity contribution < 1.29 is 22.7 Å². The number of hydrogen-bond donors (Lipinski definition) is 0. The fraction of sp³-hybridized carbons (Fsp3) is 0.933. The van der Waals surface area contributed by atoms with Gasteiger partial charge in [0.25, 0.3) is 0 Å². The lowest BCUT2D eigenvalue weighted by Crippen LogP contribution is -2.42. The van der Waals surface area contributed by atoms with Crippen LogP contribution >= 0.6 is 0 Å². The summed E-state index contributed by atoms with van der Waals surface area (Å²) >= 11 is 0. The highest BCUT2D eigenvalue weighted by Gasteiger charge is 2.33. The third-order valence-electron chi connectivity index (χ3n) is 3.84. The molecule has 0 aromatic carbocycles. The standard InChI is InChI=1S/C15H26F3NO2/c1-3-4-8-19(11-15(16,17)18)14(20)10-21-13-7-5-6-12(2)9-13/h12-13H,3-11H2,1-2H3. The zero-order valence-corrected chi connectivity index (χ0v) is 12.9. The Balaban J connectivity index is 2.43. The third kappa shape index (κ3) is 7.69. The lowest BCUT2D eigenvalue weighted by atomic mass is 9.89. The van der Waals surface area contributed by atoms with Crippen molar-refractivity contribution in [3.05, 3.63) is 0 Å². The van der Waals surface area contributed by atoms with Crippen molar-refractivity contribution in [2.75, 3.05) is 19.7 Å². The number of nitrogens with zero attached hydrogens (tertiary/aromatic N) is 1. The Morgan fingerprint density at radius 3 is 2.62 bits per heavy atom. The van der Waals surface area contributed by atoms with Gasteiger partial charge in [0.2, 0.25) is 5.91 Å². The molecule has 0 aromatic heterocycles. The van der Waals surface area contributed by atoms with E-state index in [1.807, 2.05) is 6.92 Å². The third-order valence-corrected chi connectivity index (χ3v) is 3.84. The molecule has 1 fully saturated rings. The average Bonchev–Trinajstić information content (AvgIpc) is 2.39. The van der Waals surface area contributed by atoms with E-state index in [9.17, 15) is 18.0 Å². The number of carbonyl (C=O) groups is 1. The van der Waals surface area contributed by atoms with E-state index < -0.39 is 18.6 Å². The Kier molecular flexibility index (Phi) is 7.49. The summed E-state index contributed by atoms with van der Waals surface area (Å²) in [5.74, 6) is 0.00391. The second-order valence-electron chi connectivity index (χ2n) is 5.99. The van der Waals surface area contributed by atoms with Gasteiger partial charge in [-0.1, -0.05) is 33.1 Å². The molecule has 0 aliphatic heterocycles. The molecule has 0 saturated heterocycles. The Hall–Kier alpha value is -0.780. The number of hydrogen-bond acceptors (Lipinski definition) is 2. The number of ether oxygens (including phenoxy) is 1. The molecule has 2 unspecified atom stereocenters. The van der Waals surface area contributed by atoms with Gasteiger partial charge in [-0.15, -0.1) is 0 Å². The number of alkyl halides is 3. The summed E-state index contributed by atoms with van der Waals surface area (Å²) in [6.07, 6.45) is 0.977. The van der Waals surface area contributed by atoms with Gasteiger partial charge in [0, 0.05) is 6.54 Å². The van der Waals surface area contributed by atoms with Gasteiger partial charge >= 0.3 is 6.18 Å². The lowest BCUT2D eigenvalue weighted by Gasteiger charge is -2.28. The van der Waals surface area contributed by atoms with E-state index >= 15 is 0 Å². The van der Waals surface area contributed by atoms with Gasteiger partial charge in [0.05, 0.1) is 6.10 Å². The second-order valence-corrected chi connectivity index (χ2v) is 5.99. The van der Waals surface area contributed by atoms with Crippen molar-refractivity contribution in [2.45, 2.75) is 64.7 Å². The van der Waals surface area contributed by atoms with Gasteiger partial charge in [-0.3, -0.25) is 4.79 Å². The molecule has 2 atom stereocenters. The monoisotopic (exact) mass is 309 g/mol. The maximum Gasteiger partial charge on any atom is 0.406 e. The normalized spacial score (nSPS) is 23.1. The van der Waals surface area contributed by atoms with Crippen LogP contribution < -0.4 is 0 Å². The molecule has 0 aromatic rings. The van der Waals surface area contributed by atoms with Crippen molar-refractivity contribution in [2.24, 2.45) is 5.92 Å². The quantitative estimate of drug-likeness (QED) is 0.716. The second kappa shape index (κ2) is 8.61. The van der Waals surface area contributed by atoms with Crippen molar-refractivity contribution in [3.63, 3.8) is 0 Å². The zero-order valence-electron chi connectivity index (χ0n) is 12.9. The largest absolute Gasteiger partial charge is 0.406 e. The van der Waals surface area contributed by atoms with Crippen LogP contribution in [0.1, 0.15) is 52.4 Å². The van der Waals surface area contributed by atoms with Crippen molar-refractivity contribution in [3.8, 4) is 0 Å². The number of amides is 1. The van der Waals surface area contributed by atoms with E-state index in [2.05, 4.69) is 6.92 Å². The fourth-order valence-electron chi connectivity index (χ4n) is 2.67. The molecule has 0 spiro atoms. The van der Waals surface area contributed by atoms with Crippen molar-refractivity contribution >= 4 is 5.91 Å². The molecule has 1 aliphatic rings. The Morgan fingerprint density at radius 2 is 2.05 bits per heavy atom. The van der Waals surface area contributed by atoms with E-state index in [1.165, 1.54) is 0 Å². The Labute approximate surface area is 124 Å². The number of halogens is 3. The number of unbranched alkanes of at least 4 members (excludes halogenated alkanes) is 1. The highest BCUT2D eigenvalue weighted by atomic mass is 19.4. The molecular formula is C15H26F3NO2. The Bertz CT molecular complexity index is 321. The van der Waals surface area contributed by atoms with Crippen LogP contribution in [0.4, 0.5) is 13.2 Å². The van der Waals surface area contributed by atoms with E-state index in [0.717, 1.165) is 37.0 Å². The lowest BCUT2D eigenvalue weighted by molar-refractivity contribution is -0.165. The molecule has 1 amide bonds. The van der Waals surface area contributed by atoms with Gasteiger partial charge < -0.3 is 9.64 Å². The molecule has 1 saturated carbocycles. The minimum Gasteiger partial charge on any atom is -0.368 e. The first kappa shape index (κ1) is 18.3. The summed E-state index contributed by atoms with van der Waals surface area (Å²) in [5, 5.41) is 0. The van der Waals surface area contributed by atoms with Crippen LogP contribution in [0.5, 0.6) is 0 Å². The van der Waals surface area contributed by atoms with Crippen LogP contribution in [-0.2, 0) is 9.53 Å². The smallest absolute Gasteiger partial charge is 0.368 e. The summed E-state index contributed by atoms with van der Waals surface area (Å²) in [6.45, 7) is 2.73. The molecule has 124 valence electrons. The maximum absolute atomic E-state index is 12.5. The van der Waals surface area contributed by atoms with Crippen LogP contribution in [-0.4, -0.2) is 42.8 Å². The van der Waals surface area contributed by atoms with E-state index in [1.54, 1.807) is 0 Å². The average molecular weight is 309 g/mol. The molecule has 21 heavy (non-hydrogen) atoms. The van der Waals surface area contributed by atoms with Gasteiger partial charge in [-0.2, -0.15) is 13.2 Å². The van der Waals surface area contributed by atoms with E-state index in [0.29, 0.717) is 12.3 Å². The molecule has 0 bridgehead atoms. The first-order valence-corrected chi connectivity index (χ1v) is 7.78. The van der Waals surface area contributed by atoms with Crippen molar-refractivity contribution in [1.82, 2.24) is 4.90 Å². The highest BCUT2D eigenvalue weighted by Crippen LogP contribution is 2.25. The molecule has 6 heteroatoms. The van der Waals surface area contributed by atoms with Gasteiger partial charge in [-0.25, -0.2) is 0 Å². The summed E-state index contributed by atoms with van der Waals surface area (Å²) in [5.41, 5.74) is 0. The first-order chi connectivity index (χ1) is 9.81. The molecule has 0 N–H and O–H groups in total. The molecule has 0 heterocycles. The van der Waals surface area contributed by atoms with Crippen LogP contribution in [0.25, 0.3) is 0 Å². The zero-order chi connectivity index (χ0) is 15.9. The van der Waals surface area contributed by atoms with Gasteiger partial charge in [-0.05, 0) is 25.2 Å². The van der Waals surface area contributed by atoms with E-state index in [4.69, 9.17) is 4.74 Å². The summed E-state index contributed by atoms with van der Waals surface area (Å²) in [6, 6.07) is 0. The maximum atomic E-state index is 12.5. The molecule has 0 radical (unpaired) electrons. The number of rotatable bonds is 7. The summed E-state index contributed by atoms with van der Waals surface area (Å²) < 4.78 is 43.0. The SMILES string of the molecule is CCCCN(CC(F)(F)F)C(=O)COC1CCCC(C)C1. The van der Waals surface area contributed by atoms with Crippen LogP contribution in [0.3, 0.4) is 0 Å². The molecular weight excluding hydrogens is 283 g/mol. The predicted molar refractivity (Wildman–Crippen MR) is 74.9 cm³/mol. The van der Waals surface area contributed by atoms with Gasteiger partial charge in [0.15, 0.2) is 0 Å². The highest BCUT2D eigenvalue weighted by molar-refractivity contribution is 5.77. The minimum atomic E-state index is -4.36. The fourth-order valence-corrected chi connectivity index (χ4v) is 2.67. The summed E-state index contributed by atoms with van der Waals surface area (Å²) in [4.78, 5) is 12.8. The number of carbonyl (C=O) groups excluding carboxylic acids is 1.